The number of ether oxygens (including phenoxy) is 2. The predicted octanol–water partition coefficient (Wildman–Crippen LogP) is 2.10. The monoisotopic (exact) mass is 300 g/mol. The lowest BCUT2D eigenvalue weighted by atomic mass is 10.1. The highest BCUT2D eigenvalue weighted by Crippen LogP contribution is 2.36. The third-order valence-corrected chi connectivity index (χ3v) is 3.20. The number of nitrogens with two attached hydrogens (primary N) is 1. The first-order valence-corrected chi connectivity index (χ1v) is 6.86. The lowest BCUT2D eigenvalue weighted by molar-refractivity contribution is -0.119. The van der Waals surface area contributed by atoms with Crippen LogP contribution in [0.3, 0.4) is 0 Å². The summed E-state index contributed by atoms with van der Waals surface area (Å²) in [5.74, 6) is 0.255. The summed E-state index contributed by atoms with van der Waals surface area (Å²) < 4.78 is 10.5. The van der Waals surface area contributed by atoms with Crippen LogP contribution >= 0.6 is 11.6 Å². The molecule has 0 bridgehead atoms. The fourth-order valence-corrected chi connectivity index (χ4v) is 1.88. The van der Waals surface area contributed by atoms with Crippen molar-refractivity contribution in [2.75, 3.05) is 13.7 Å². The molecular formula is C14H21ClN2O3. The van der Waals surface area contributed by atoms with Crippen LogP contribution in [0.1, 0.15) is 25.8 Å². The normalized spacial score (nSPS) is 12.0. The molecule has 0 fully saturated rings. The molecule has 0 saturated heterocycles. The van der Waals surface area contributed by atoms with Gasteiger partial charge in [0.15, 0.2) is 18.1 Å². The second-order valence-electron chi connectivity index (χ2n) is 4.55. The second-order valence-corrected chi connectivity index (χ2v) is 4.96. The van der Waals surface area contributed by atoms with Crippen molar-refractivity contribution in [1.82, 2.24) is 5.32 Å². The van der Waals surface area contributed by atoms with E-state index in [9.17, 15) is 4.79 Å². The van der Waals surface area contributed by atoms with Crippen LogP contribution in [0.25, 0.3) is 0 Å². The molecule has 20 heavy (non-hydrogen) atoms. The Morgan fingerprint density at radius 2 is 2.20 bits per heavy atom. The number of benzene rings is 1. The van der Waals surface area contributed by atoms with E-state index in [4.69, 9.17) is 26.8 Å². The maximum atomic E-state index is 10.8. The molecule has 6 heteroatoms. The van der Waals surface area contributed by atoms with E-state index in [1.54, 1.807) is 6.07 Å². The summed E-state index contributed by atoms with van der Waals surface area (Å²) >= 11 is 6.16. The van der Waals surface area contributed by atoms with Gasteiger partial charge >= 0.3 is 0 Å². The van der Waals surface area contributed by atoms with Crippen molar-refractivity contribution in [2.24, 2.45) is 5.73 Å². The molecule has 1 rings (SSSR count). The number of halogens is 1. The number of carbonyl (C=O) groups is 1. The molecule has 1 aromatic carbocycles. The van der Waals surface area contributed by atoms with Crippen molar-refractivity contribution in [3.05, 3.63) is 22.7 Å². The fourth-order valence-electron chi connectivity index (χ4n) is 1.60. The van der Waals surface area contributed by atoms with E-state index < -0.39 is 5.91 Å². The van der Waals surface area contributed by atoms with Gasteiger partial charge in [-0.25, -0.2) is 0 Å². The Kier molecular flexibility index (Phi) is 6.61. The lowest BCUT2D eigenvalue weighted by Gasteiger charge is -2.15. The lowest BCUT2D eigenvalue weighted by Crippen LogP contribution is -2.24. The first kappa shape index (κ1) is 16.6. The minimum absolute atomic E-state index is 0.236. The second kappa shape index (κ2) is 7.97. The first-order chi connectivity index (χ1) is 9.47. The summed E-state index contributed by atoms with van der Waals surface area (Å²) in [7, 11) is 1.52. The number of hydrogen-bond acceptors (Lipinski definition) is 4. The van der Waals surface area contributed by atoms with Gasteiger partial charge in [-0.05, 0) is 31.0 Å². The largest absolute Gasteiger partial charge is 0.493 e. The average Bonchev–Trinajstić information content (AvgIpc) is 2.42. The molecule has 1 amide bonds. The van der Waals surface area contributed by atoms with Crippen molar-refractivity contribution in [2.45, 2.75) is 32.9 Å². The SMILES string of the molecule is CC[C@H](C)NCc1cc(Cl)c(OCC(N)=O)c(OC)c1. The number of methoxy groups -OCH3 is 1. The number of carbonyl (C=O) groups excluding carboxylic acids is 1. The van der Waals surface area contributed by atoms with Gasteiger partial charge in [-0.15, -0.1) is 0 Å². The van der Waals surface area contributed by atoms with Crippen LogP contribution in [0, 0.1) is 0 Å². The van der Waals surface area contributed by atoms with Gasteiger partial charge in [0.2, 0.25) is 0 Å². The quantitative estimate of drug-likeness (QED) is 0.771. The zero-order valence-corrected chi connectivity index (χ0v) is 12.8. The van der Waals surface area contributed by atoms with Crippen molar-refractivity contribution >= 4 is 17.5 Å². The molecule has 0 aliphatic heterocycles. The zero-order valence-electron chi connectivity index (χ0n) is 12.0. The van der Waals surface area contributed by atoms with E-state index in [2.05, 4.69) is 19.2 Å². The van der Waals surface area contributed by atoms with Crippen LogP contribution in [0.15, 0.2) is 12.1 Å². The van der Waals surface area contributed by atoms with Gasteiger partial charge < -0.3 is 20.5 Å². The van der Waals surface area contributed by atoms with Crippen LogP contribution in [-0.4, -0.2) is 25.7 Å². The van der Waals surface area contributed by atoms with E-state index in [0.717, 1.165) is 12.0 Å². The molecule has 0 aliphatic carbocycles. The number of hydrogen-bond donors (Lipinski definition) is 2. The minimum atomic E-state index is -0.564. The van der Waals surface area contributed by atoms with Crippen LogP contribution in [0.4, 0.5) is 0 Å². The molecule has 5 nitrogen and oxygen atoms in total. The molecule has 0 heterocycles. The first-order valence-electron chi connectivity index (χ1n) is 6.48. The summed E-state index contributed by atoms with van der Waals surface area (Å²) in [5.41, 5.74) is 6.04. The highest BCUT2D eigenvalue weighted by atomic mass is 35.5. The third kappa shape index (κ3) is 4.90. The Balaban J connectivity index is 2.86. The molecule has 0 aromatic heterocycles. The molecule has 0 unspecified atom stereocenters. The van der Waals surface area contributed by atoms with Crippen molar-refractivity contribution in [3.63, 3.8) is 0 Å². The molecule has 0 radical (unpaired) electrons. The molecule has 1 aromatic rings. The van der Waals surface area contributed by atoms with Gasteiger partial charge in [0.1, 0.15) is 0 Å². The van der Waals surface area contributed by atoms with Gasteiger partial charge in [-0.2, -0.15) is 0 Å². The standard InChI is InChI=1S/C14H21ClN2O3/c1-4-9(2)17-7-10-5-11(15)14(12(6-10)19-3)20-8-13(16)18/h5-6,9,17H,4,7-8H2,1-3H3,(H2,16,18)/t9-/m0/s1. The third-order valence-electron chi connectivity index (χ3n) is 2.92. The van der Waals surface area contributed by atoms with E-state index in [1.807, 2.05) is 6.07 Å². The molecule has 1 atom stereocenters. The van der Waals surface area contributed by atoms with Gasteiger partial charge in [0.05, 0.1) is 12.1 Å². The number of nitrogens with one attached hydrogen (secondary N) is 1. The van der Waals surface area contributed by atoms with Crippen molar-refractivity contribution < 1.29 is 14.3 Å². The molecule has 0 aliphatic rings. The van der Waals surface area contributed by atoms with E-state index in [1.165, 1.54) is 7.11 Å². The van der Waals surface area contributed by atoms with Crippen LogP contribution in [-0.2, 0) is 11.3 Å². The highest BCUT2D eigenvalue weighted by molar-refractivity contribution is 6.32. The zero-order chi connectivity index (χ0) is 15.1. The Morgan fingerprint density at radius 1 is 1.50 bits per heavy atom. The van der Waals surface area contributed by atoms with E-state index >= 15 is 0 Å². The average molecular weight is 301 g/mol. The molecule has 0 saturated carbocycles. The molecule has 112 valence electrons. The highest BCUT2D eigenvalue weighted by Gasteiger charge is 2.13. The van der Waals surface area contributed by atoms with E-state index in [-0.39, 0.29) is 6.61 Å². The summed E-state index contributed by atoms with van der Waals surface area (Å²) in [6, 6.07) is 4.04. The summed E-state index contributed by atoms with van der Waals surface area (Å²) in [4.78, 5) is 10.8. The number of amides is 1. The Hall–Kier alpha value is -1.46. The maximum absolute atomic E-state index is 10.8. The smallest absolute Gasteiger partial charge is 0.255 e. The van der Waals surface area contributed by atoms with Gasteiger partial charge in [-0.3, -0.25) is 4.79 Å². The van der Waals surface area contributed by atoms with Crippen molar-refractivity contribution in [1.29, 1.82) is 0 Å². The van der Waals surface area contributed by atoms with Gasteiger partial charge in [0, 0.05) is 12.6 Å². The molecule has 0 spiro atoms. The Morgan fingerprint density at radius 3 is 2.75 bits per heavy atom. The van der Waals surface area contributed by atoms with E-state index in [0.29, 0.717) is 29.1 Å². The van der Waals surface area contributed by atoms with Crippen molar-refractivity contribution in [3.8, 4) is 11.5 Å². The maximum Gasteiger partial charge on any atom is 0.255 e. The summed E-state index contributed by atoms with van der Waals surface area (Å²) in [5, 5.41) is 3.76. The predicted molar refractivity (Wildman–Crippen MR) is 79.3 cm³/mol. The van der Waals surface area contributed by atoms with Crippen LogP contribution in [0.2, 0.25) is 5.02 Å². The molecular weight excluding hydrogens is 280 g/mol. The van der Waals surface area contributed by atoms with Gasteiger partial charge in [-0.1, -0.05) is 18.5 Å². The van der Waals surface area contributed by atoms with Gasteiger partial charge in [0.25, 0.3) is 5.91 Å². The minimum Gasteiger partial charge on any atom is -0.493 e. The summed E-state index contributed by atoms with van der Waals surface area (Å²) in [6.07, 6.45) is 1.05. The fraction of sp³-hybridized carbons (Fsp3) is 0.500. The van der Waals surface area contributed by atoms with Crippen LogP contribution in [0.5, 0.6) is 11.5 Å². The summed E-state index contributed by atoms with van der Waals surface area (Å²) in [6.45, 7) is 4.68. The van der Waals surface area contributed by atoms with Crippen LogP contribution < -0.4 is 20.5 Å². The molecule has 3 N–H and O–H groups in total. The number of primary amides is 1. The number of rotatable bonds is 8. The Bertz CT molecular complexity index is 466. The topological polar surface area (TPSA) is 73.6 Å². The Labute approximate surface area is 124 Å².